The van der Waals surface area contributed by atoms with E-state index in [1.165, 1.54) is 4.31 Å². The Morgan fingerprint density at radius 1 is 1.29 bits per heavy atom. The summed E-state index contributed by atoms with van der Waals surface area (Å²) in [5, 5.41) is 2.38. The molecule has 5 nitrogen and oxygen atoms in total. The number of nitrogens with zero attached hydrogens (tertiary/aromatic N) is 1. The maximum atomic E-state index is 13.2. The van der Waals surface area contributed by atoms with Gasteiger partial charge in [0.05, 0.1) is 11.8 Å². The van der Waals surface area contributed by atoms with Crippen molar-refractivity contribution in [2.24, 2.45) is 0 Å². The van der Waals surface area contributed by atoms with Gasteiger partial charge in [-0.15, -0.1) is 0 Å². The van der Waals surface area contributed by atoms with E-state index in [0.717, 1.165) is 12.3 Å². The largest absolute Gasteiger partial charge is 0.419 e. The second kappa shape index (κ2) is 7.93. The third-order valence-corrected chi connectivity index (χ3v) is 4.60. The van der Waals surface area contributed by atoms with Gasteiger partial charge >= 0.3 is 6.18 Å². The number of carbonyl (C=O) groups excluding carboxylic acids is 1. The van der Waals surface area contributed by atoms with Gasteiger partial charge in [-0.25, -0.2) is 17.1 Å². The second-order valence-electron chi connectivity index (χ2n) is 5.06. The summed E-state index contributed by atoms with van der Waals surface area (Å²) in [4.78, 5) is 11.8. The first-order valence-corrected chi connectivity index (χ1v) is 8.91. The van der Waals surface area contributed by atoms with Gasteiger partial charge in [0.15, 0.2) is 0 Å². The molecule has 0 aliphatic carbocycles. The van der Waals surface area contributed by atoms with E-state index in [0.29, 0.717) is 18.6 Å². The molecule has 24 heavy (non-hydrogen) atoms. The first-order valence-electron chi connectivity index (χ1n) is 7.07. The van der Waals surface area contributed by atoms with Crippen LogP contribution >= 0.6 is 0 Å². The Hall–Kier alpha value is -1.68. The lowest BCUT2D eigenvalue weighted by atomic mass is 10.1. The SMILES string of the molecule is CCN(CCCNC(=O)c1ccc(F)c(C(F)(F)F)c1)S(C)(=O)=O. The fraction of sp³-hybridized carbons (Fsp3) is 0.500. The molecule has 0 fully saturated rings. The summed E-state index contributed by atoms with van der Waals surface area (Å²) in [6.45, 7) is 2.19. The van der Waals surface area contributed by atoms with E-state index >= 15 is 0 Å². The minimum absolute atomic E-state index is 0.0730. The predicted molar refractivity (Wildman–Crippen MR) is 80.4 cm³/mol. The summed E-state index contributed by atoms with van der Waals surface area (Å²) in [6, 6.07) is 1.98. The Morgan fingerprint density at radius 2 is 1.92 bits per heavy atom. The number of hydrogen-bond donors (Lipinski definition) is 1. The van der Waals surface area contributed by atoms with E-state index in [9.17, 15) is 30.8 Å². The van der Waals surface area contributed by atoms with Gasteiger partial charge in [-0.1, -0.05) is 6.92 Å². The smallest absolute Gasteiger partial charge is 0.352 e. The highest BCUT2D eigenvalue weighted by Crippen LogP contribution is 2.31. The lowest BCUT2D eigenvalue weighted by Gasteiger charge is -2.17. The molecule has 10 heteroatoms. The molecule has 0 aromatic heterocycles. The standard InChI is InChI=1S/C14H18F4N2O3S/c1-3-20(24(2,22)23)8-4-7-19-13(21)10-5-6-12(15)11(9-10)14(16,17)18/h5-6,9H,3-4,7-8H2,1-2H3,(H,19,21). The van der Waals surface area contributed by atoms with Gasteiger partial charge in [0, 0.05) is 25.2 Å². The van der Waals surface area contributed by atoms with Crippen LogP contribution in [0.2, 0.25) is 0 Å². The van der Waals surface area contributed by atoms with Gasteiger partial charge in [-0.05, 0) is 24.6 Å². The van der Waals surface area contributed by atoms with Crippen molar-refractivity contribution in [3.05, 3.63) is 35.1 Å². The molecular weight excluding hydrogens is 352 g/mol. The zero-order valence-electron chi connectivity index (χ0n) is 13.2. The topological polar surface area (TPSA) is 66.5 Å². The number of amides is 1. The lowest BCUT2D eigenvalue weighted by Crippen LogP contribution is -2.33. The van der Waals surface area contributed by atoms with E-state index in [2.05, 4.69) is 5.32 Å². The van der Waals surface area contributed by atoms with Crippen molar-refractivity contribution in [2.45, 2.75) is 19.5 Å². The van der Waals surface area contributed by atoms with Gasteiger partial charge < -0.3 is 5.32 Å². The lowest BCUT2D eigenvalue weighted by molar-refractivity contribution is -0.140. The minimum atomic E-state index is -4.89. The molecule has 0 unspecified atom stereocenters. The summed E-state index contributed by atoms with van der Waals surface area (Å²) >= 11 is 0. The van der Waals surface area contributed by atoms with Crippen LogP contribution in [-0.2, 0) is 16.2 Å². The van der Waals surface area contributed by atoms with Crippen LogP contribution in [0.3, 0.4) is 0 Å². The summed E-state index contributed by atoms with van der Waals surface area (Å²) in [7, 11) is -3.34. The quantitative estimate of drug-likeness (QED) is 0.591. The number of halogens is 4. The molecule has 136 valence electrons. The molecule has 0 radical (unpaired) electrons. The zero-order chi connectivity index (χ0) is 18.5. The molecule has 0 saturated heterocycles. The van der Waals surface area contributed by atoms with Crippen LogP contribution in [0.15, 0.2) is 18.2 Å². The average molecular weight is 370 g/mol. The molecule has 0 bridgehead atoms. The van der Waals surface area contributed by atoms with E-state index in [-0.39, 0.29) is 25.2 Å². The highest BCUT2D eigenvalue weighted by Gasteiger charge is 2.34. The Balaban J connectivity index is 2.64. The van der Waals surface area contributed by atoms with Crippen molar-refractivity contribution in [1.29, 1.82) is 0 Å². The highest BCUT2D eigenvalue weighted by atomic mass is 32.2. The third-order valence-electron chi connectivity index (χ3n) is 3.23. The second-order valence-corrected chi connectivity index (χ2v) is 7.04. The number of nitrogens with one attached hydrogen (secondary N) is 1. The number of alkyl halides is 3. The Morgan fingerprint density at radius 3 is 2.42 bits per heavy atom. The summed E-state index contributed by atoms with van der Waals surface area (Å²) in [5.74, 6) is -2.24. The predicted octanol–water partition coefficient (Wildman–Crippen LogP) is 2.25. The molecule has 1 amide bonds. The maximum absolute atomic E-state index is 13.2. The Labute approximate surface area is 137 Å². The zero-order valence-corrected chi connectivity index (χ0v) is 14.0. The molecule has 1 N–H and O–H groups in total. The number of carbonyl (C=O) groups is 1. The summed E-state index contributed by atoms with van der Waals surface area (Å²) in [6.07, 6.45) is -3.54. The fourth-order valence-corrected chi connectivity index (χ4v) is 2.93. The van der Waals surface area contributed by atoms with Crippen molar-refractivity contribution in [2.75, 3.05) is 25.9 Å². The van der Waals surface area contributed by atoms with Crippen molar-refractivity contribution in [3.63, 3.8) is 0 Å². The number of hydrogen-bond acceptors (Lipinski definition) is 3. The molecule has 1 aromatic rings. The number of rotatable bonds is 7. The molecule has 0 spiro atoms. The van der Waals surface area contributed by atoms with Gasteiger partial charge in [0.1, 0.15) is 5.82 Å². The van der Waals surface area contributed by atoms with Gasteiger partial charge in [-0.2, -0.15) is 13.2 Å². The highest BCUT2D eigenvalue weighted by molar-refractivity contribution is 7.88. The van der Waals surface area contributed by atoms with Crippen LogP contribution in [0, 0.1) is 5.82 Å². The molecule has 0 aliphatic heterocycles. The molecule has 0 atom stereocenters. The van der Waals surface area contributed by atoms with E-state index in [1.54, 1.807) is 6.92 Å². The number of sulfonamides is 1. The van der Waals surface area contributed by atoms with Crippen LogP contribution in [0.25, 0.3) is 0 Å². The van der Waals surface area contributed by atoms with Crippen LogP contribution in [0.1, 0.15) is 29.3 Å². The maximum Gasteiger partial charge on any atom is 0.419 e. The van der Waals surface area contributed by atoms with Crippen LogP contribution in [0.5, 0.6) is 0 Å². The first kappa shape index (κ1) is 20.4. The van der Waals surface area contributed by atoms with Crippen molar-refractivity contribution < 1.29 is 30.8 Å². The first-order chi connectivity index (χ1) is 11.0. The molecule has 0 saturated carbocycles. The van der Waals surface area contributed by atoms with Crippen molar-refractivity contribution >= 4 is 15.9 Å². The average Bonchev–Trinajstić information content (AvgIpc) is 2.44. The van der Waals surface area contributed by atoms with Crippen molar-refractivity contribution in [3.8, 4) is 0 Å². The third kappa shape index (κ3) is 5.75. The molecular formula is C14H18F4N2O3S. The van der Waals surface area contributed by atoms with Gasteiger partial charge in [0.25, 0.3) is 5.91 Å². The van der Waals surface area contributed by atoms with E-state index in [1.807, 2.05) is 0 Å². The van der Waals surface area contributed by atoms with Crippen LogP contribution in [0.4, 0.5) is 17.6 Å². The van der Waals surface area contributed by atoms with E-state index in [4.69, 9.17) is 0 Å². The molecule has 1 aromatic carbocycles. The molecule has 0 heterocycles. The fourth-order valence-electron chi connectivity index (χ4n) is 2.00. The Bertz CT molecular complexity index is 690. The number of benzene rings is 1. The normalized spacial score (nSPS) is 12.5. The van der Waals surface area contributed by atoms with Crippen molar-refractivity contribution in [1.82, 2.24) is 9.62 Å². The summed E-state index contributed by atoms with van der Waals surface area (Å²) in [5.41, 5.74) is -1.83. The van der Waals surface area contributed by atoms with Gasteiger partial charge in [-0.3, -0.25) is 4.79 Å². The Kier molecular flexibility index (Phi) is 6.73. The van der Waals surface area contributed by atoms with E-state index < -0.39 is 33.5 Å². The monoisotopic (exact) mass is 370 g/mol. The summed E-state index contributed by atoms with van der Waals surface area (Å²) < 4.78 is 74.9. The van der Waals surface area contributed by atoms with Crippen LogP contribution in [-0.4, -0.2) is 44.5 Å². The van der Waals surface area contributed by atoms with Crippen LogP contribution < -0.4 is 5.32 Å². The molecule has 1 rings (SSSR count). The van der Waals surface area contributed by atoms with Gasteiger partial charge in [0.2, 0.25) is 10.0 Å². The molecule has 0 aliphatic rings. The minimum Gasteiger partial charge on any atom is -0.352 e.